The van der Waals surface area contributed by atoms with Gasteiger partial charge in [-0.1, -0.05) is 86.1 Å². The molecule has 47 heavy (non-hydrogen) atoms. The lowest BCUT2D eigenvalue weighted by atomic mass is 9.48. The second-order valence-electron chi connectivity index (χ2n) is 14.4. The molecule has 1 unspecified atom stereocenters. The SMILES string of the molecule is CCCCNC(=O)C(Cc1ccccc1)N(Cc1ccccc1)C(=O)CN(c1ccc(C23CC4CC(CC(C4)C2)C3)cc1)S(C)(=O)=O. The first-order valence-electron chi connectivity index (χ1n) is 17.4. The lowest BCUT2D eigenvalue weighted by molar-refractivity contribution is -0.140. The fourth-order valence-electron chi connectivity index (χ4n) is 8.90. The number of amides is 2. The molecule has 250 valence electrons. The first-order valence-corrected chi connectivity index (χ1v) is 19.2. The maximum Gasteiger partial charge on any atom is 0.244 e. The Hall–Kier alpha value is -3.65. The molecule has 7 nitrogen and oxygen atoms in total. The van der Waals surface area contributed by atoms with Crippen LogP contribution in [-0.4, -0.2) is 50.5 Å². The Morgan fingerprint density at radius 3 is 1.91 bits per heavy atom. The van der Waals surface area contributed by atoms with E-state index in [1.165, 1.54) is 48.4 Å². The number of anilines is 1. The van der Waals surface area contributed by atoms with Gasteiger partial charge in [0.05, 0.1) is 11.9 Å². The molecule has 0 aliphatic heterocycles. The van der Waals surface area contributed by atoms with Gasteiger partial charge in [0.15, 0.2) is 0 Å². The average Bonchev–Trinajstić information content (AvgIpc) is 3.05. The number of hydrogen-bond acceptors (Lipinski definition) is 4. The summed E-state index contributed by atoms with van der Waals surface area (Å²) in [5, 5.41) is 3.04. The molecular weight excluding hydrogens is 607 g/mol. The van der Waals surface area contributed by atoms with Crippen molar-refractivity contribution in [1.82, 2.24) is 10.2 Å². The van der Waals surface area contributed by atoms with Gasteiger partial charge in [-0.2, -0.15) is 0 Å². The van der Waals surface area contributed by atoms with Crippen molar-refractivity contribution in [3.8, 4) is 0 Å². The van der Waals surface area contributed by atoms with E-state index in [9.17, 15) is 18.0 Å². The number of rotatable bonds is 14. The second-order valence-corrected chi connectivity index (χ2v) is 16.3. The van der Waals surface area contributed by atoms with Gasteiger partial charge in [0.25, 0.3) is 0 Å². The molecule has 4 bridgehead atoms. The van der Waals surface area contributed by atoms with E-state index in [1.54, 1.807) is 4.90 Å². The number of sulfonamides is 1. The van der Waals surface area contributed by atoms with E-state index in [0.29, 0.717) is 18.7 Å². The van der Waals surface area contributed by atoms with Crippen LogP contribution in [0.5, 0.6) is 0 Å². The molecule has 3 aromatic rings. The van der Waals surface area contributed by atoms with E-state index in [1.807, 2.05) is 72.8 Å². The van der Waals surface area contributed by atoms with Crippen LogP contribution in [0.2, 0.25) is 0 Å². The van der Waals surface area contributed by atoms with Gasteiger partial charge < -0.3 is 10.2 Å². The van der Waals surface area contributed by atoms with E-state index in [0.717, 1.165) is 48.0 Å². The zero-order valence-corrected chi connectivity index (χ0v) is 28.6. The Kier molecular flexibility index (Phi) is 10.1. The van der Waals surface area contributed by atoms with Crippen molar-refractivity contribution in [2.75, 3.05) is 23.7 Å². The molecular formula is C39H49N3O4S. The minimum atomic E-state index is -3.81. The van der Waals surface area contributed by atoms with Crippen LogP contribution in [-0.2, 0) is 38.0 Å². The number of benzene rings is 3. The average molecular weight is 656 g/mol. The van der Waals surface area contributed by atoms with E-state index >= 15 is 0 Å². The van der Waals surface area contributed by atoms with E-state index in [-0.39, 0.29) is 17.9 Å². The van der Waals surface area contributed by atoms with Crippen LogP contribution in [0.3, 0.4) is 0 Å². The zero-order chi connectivity index (χ0) is 33.0. The first-order chi connectivity index (χ1) is 22.6. The largest absolute Gasteiger partial charge is 0.354 e. The summed E-state index contributed by atoms with van der Waals surface area (Å²) in [6.07, 6.45) is 11.0. The van der Waals surface area contributed by atoms with Crippen molar-refractivity contribution in [3.05, 3.63) is 102 Å². The smallest absolute Gasteiger partial charge is 0.244 e. The molecule has 0 radical (unpaired) electrons. The number of nitrogens with one attached hydrogen (secondary N) is 1. The third-order valence-corrected chi connectivity index (χ3v) is 11.9. The number of carbonyl (C=O) groups excluding carboxylic acids is 2. The summed E-state index contributed by atoms with van der Waals surface area (Å²) < 4.78 is 27.8. The predicted octanol–water partition coefficient (Wildman–Crippen LogP) is 6.48. The Labute approximate surface area is 280 Å². The fraction of sp³-hybridized carbons (Fsp3) is 0.487. The summed E-state index contributed by atoms with van der Waals surface area (Å²) in [6, 6.07) is 26.4. The molecule has 0 saturated heterocycles. The van der Waals surface area contributed by atoms with Crippen molar-refractivity contribution in [3.63, 3.8) is 0 Å². The summed E-state index contributed by atoms with van der Waals surface area (Å²) >= 11 is 0. The molecule has 4 saturated carbocycles. The van der Waals surface area contributed by atoms with Crippen LogP contribution in [0.25, 0.3) is 0 Å². The van der Waals surface area contributed by atoms with Crippen LogP contribution in [0.15, 0.2) is 84.9 Å². The minimum absolute atomic E-state index is 0.181. The van der Waals surface area contributed by atoms with Gasteiger partial charge >= 0.3 is 0 Å². The van der Waals surface area contributed by atoms with Crippen molar-refractivity contribution in [2.45, 2.75) is 82.7 Å². The summed E-state index contributed by atoms with van der Waals surface area (Å²) in [5.74, 6) is 1.77. The van der Waals surface area contributed by atoms with Gasteiger partial charge in [-0.05, 0) is 96.9 Å². The van der Waals surface area contributed by atoms with Crippen LogP contribution >= 0.6 is 0 Å². The van der Waals surface area contributed by atoms with Gasteiger partial charge in [0.2, 0.25) is 21.8 Å². The number of carbonyl (C=O) groups is 2. The monoisotopic (exact) mass is 655 g/mol. The standard InChI is InChI=1S/C39H49N3O4S/c1-3-4-19-40-38(44)36(23-29-11-7-5-8-12-29)41(27-30-13-9-6-10-14-30)37(43)28-42(47(2,45)46)35-17-15-34(16-18-35)39-24-31-20-32(25-39)22-33(21-31)26-39/h5-18,31-33,36H,3-4,19-28H2,1-2H3,(H,40,44). The Bertz CT molecular complexity index is 1590. The van der Waals surface area contributed by atoms with Gasteiger partial charge in [0.1, 0.15) is 12.6 Å². The topological polar surface area (TPSA) is 86.8 Å². The normalized spacial score (nSPS) is 23.7. The van der Waals surface area contributed by atoms with Gasteiger partial charge in [-0.15, -0.1) is 0 Å². The molecule has 1 atom stereocenters. The second kappa shape index (κ2) is 14.2. The molecule has 3 aromatic carbocycles. The Balaban J connectivity index is 1.28. The number of unbranched alkanes of at least 4 members (excludes halogenated alkanes) is 1. The maximum atomic E-state index is 14.4. The molecule has 0 heterocycles. The highest BCUT2D eigenvalue weighted by molar-refractivity contribution is 7.92. The van der Waals surface area contributed by atoms with Crippen LogP contribution in [0.1, 0.15) is 75.0 Å². The van der Waals surface area contributed by atoms with Crippen molar-refractivity contribution in [1.29, 1.82) is 0 Å². The third-order valence-electron chi connectivity index (χ3n) is 10.8. The highest BCUT2D eigenvalue weighted by atomic mass is 32.2. The Morgan fingerprint density at radius 1 is 0.830 bits per heavy atom. The van der Waals surface area contributed by atoms with E-state index in [4.69, 9.17) is 0 Å². The molecule has 4 aliphatic rings. The van der Waals surface area contributed by atoms with Crippen LogP contribution < -0.4 is 9.62 Å². The highest BCUT2D eigenvalue weighted by Crippen LogP contribution is 2.60. The molecule has 0 aromatic heterocycles. The summed E-state index contributed by atoms with van der Waals surface area (Å²) in [4.78, 5) is 29.7. The molecule has 1 N–H and O–H groups in total. The molecule has 7 rings (SSSR count). The fourth-order valence-corrected chi connectivity index (χ4v) is 9.75. The van der Waals surface area contributed by atoms with Gasteiger partial charge in [0, 0.05) is 19.5 Å². The van der Waals surface area contributed by atoms with E-state index in [2.05, 4.69) is 24.4 Å². The summed E-state index contributed by atoms with van der Waals surface area (Å²) in [6.45, 7) is 2.37. The Morgan fingerprint density at radius 2 is 1.38 bits per heavy atom. The zero-order valence-electron chi connectivity index (χ0n) is 27.8. The predicted molar refractivity (Wildman–Crippen MR) is 187 cm³/mol. The maximum absolute atomic E-state index is 14.4. The van der Waals surface area contributed by atoms with E-state index < -0.39 is 28.5 Å². The highest BCUT2D eigenvalue weighted by Gasteiger charge is 2.51. The number of hydrogen-bond donors (Lipinski definition) is 1. The molecule has 4 fully saturated rings. The first kappa shape index (κ1) is 33.3. The van der Waals surface area contributed by atoms with Crippen LogP contribution in [0.4, 0.5) is 5.69 Å². The molecule has 4 aliphatic carbocycles. The van der Waals surface area contributed by atoms with Crippen molar-refractivity contribution >= 4 is 27.5 Å². The quantitative estimate of drug-likeness (QED) is 0.202. The van der Waals surface area contributed by atoms with Crippen LogP contribution in [0, 0.1) is 17.8 Å². The summed E-state index contributed by atoms with van der Waals surface area (Å²) in [7, 11) is -3.81. The number of nitrogens with zero attached hydrogens (tertiary/aromatic N) is 2. The minimum Gasteiger partial charge on any atom is -0.354 e. The lowest BCUT2D eigenvalue weighted by Gasteiger charge is -2.57. The van der Waals surface area contributed by atoms with Gasteiger partial charge in [-0.25, -0.2) is 8.42 Å². The lowest BCUT2D eigenvalue weighted by Crippen LogP contribution is -2.53. The third kappa shape index (κ3) is 7.75. The van der Waals surface area contributed by atoms with Crippen molar-refractivity contribution in [2.24, 2.45) is 17.8 Å². The van der Waals surface area contributed by atoms with Gasteiger partial charge in [-0.3, -0.25) is 13.9 Å². The van der Waals surface area contributed by atoms with Crippen molar-refractivity contribution < 1.29 is 18.0 Å². The molecule has 8 heteroatoms. The summed E-state index contributed by atoms with van der Waals surface area (Å²) in [5.41, 5.74) is 3.76. The molecule has 0 spiro atoms. The molecule has 2 amide bonds.